The van der Waals surface area contributed by atoms with Gasteiger partial charge in [-0.15, -0.1) is 0 Å². The van der Waals surface area contributed by atoms with Gasteiger partial charge in [0.25, 0.3) is 0 Å². The molecule has 0 radical (unpaired) electrons. The Hall–Kier alpha value is -1.30. The minimum atomic E-state index is -1.68. The maximum Gasteiger partial charge on any atom is 0.232 e. The van der Waals surface area contributed by atoms with E-state index in [9.17, 15) is 0 Å². The largest absolute Gasteiger partial charge is 0.370 e. The summed E-state index contributed by atoms with van der Waals surface area (Å²) >= 11 is 24.4. The van der Waals surface area contributed by atoms with Crippen molar-refractivity contribution in [2.75, 3.05) is 0 Å². The highest BCUT2D eigenvalue weighted by Crippen LogP contribution is 2.40. The van der Waals surface area contributed by atoms with Crippen molar-refractivity contribution in [1.82, 2.24) is 14.8 Å². The fourth-order valence-corrected chi connectivity index (χ4v) is 2.85. The lowest BCUT2D eigenvalue weighted by atomic mass is 10.2. The van der Waals surface area contributed by atoms with Gasteiger partial charge in [-0.25, -0.2) is 9.67 Å². The molecular formula is C17H13Cl4N3O. The topological polar surface area (TPSA) is 39.9 Å². The van der Waals surface area contributed by atoms with E-state index in [2.05, 4.69) is 10.1 Å². The summed E-state index contributed by atoms with van der Waals surface area (Å²) in [4.78, 5) is 4.22. The van der Waals surface area contributed by atoms with Gasteiger partial charge in [-0.1, -0.05) is 76.7 Å². The van der Waals surface area contributed by atoms with Crippen LogP contribution in [0.2, 0.25) is 5.02 Å². The molecule has 2 heterocycles. The number of ether oxygens (including phenoxy) is 1. The van der Waals surface area contributed by atoms with Crippen molar-refractivity contribution < 1.29 is 4.74 Å². The normalized spacial score (nSPS) is 11.7. The molecule has 25 heavy (non-hydrogen) atoms. The van der Waals surface area contributed by atoms with Crippen molar-refractivity contribution in [1.29, 1.82) is 0 Å². The van der Waals surface area contributed by atoms with E-state index in [4.69, 9.17) is 51.1 Å². The van der Waals surface area contributed by atoms with E-state index in [0.717, 1.165) is 5.56 Å². The number of nitrogens with zero attached hydrogens (tertiary/aromatic N) is 3. The molecule has 0 aliphatic carbocycles. The van der Waals surface area contributed by atoms with Gasteiger partial charge in [0.1, 0.15) is 0 Å². The molecule has 0 atom stereocenters. The van der Waals surface area contributed by atoms with Gasteiger partial charge in [-0.2, -0.15) is 5.10 Å². The lowest BCUT2D eigenvalue weighted by Crippen LogP contribution is -2.11. The van der Waals surface area contributed by atoms with E-state index >= 15 is 0 Å². The fourth-order valence-electron chi connectivity index (χ4n) is 2.24. The Morgan fingerprint density at radius 3 is 2.44 bits per heavy atom. The summed E-state index contributed by atoms with van der Waals surface area (Å²) in [6, 6.07) is 14.9. The first-order valence-electron chi connectivity index (χ1n) is 7.34. The summed E-state index contributed by atoms with van der Waals surface area (Å²) in [6.07, 6.45) is 1.59. The van der Waals surface area contributed by atoms with Gasteiger partial charge in [-0.3, -0.25) is 0 Å². The molecule has 8 heteroatoms. The van der Waals surface area contributed by atoms with Crippen molar-refractivity contribution in [2.45, 2.75) is 17.0 Å². The molecule has 0 N–H and O–H groups in total. The maximum atomic E-state index is 6.19. The Morgan fingerprint density at radius 2 is 1.76 bits per heavy atom. The average Bonchev–Trinajstić information content (AvgIpc) is 3.01. The monoisotopic (exact) mass is 415 g/mol. The van der Waals surface area contributed by atoms with E-state index in [1.54, 1.807) is 24.4 Å². The average molecular weight is 417 g/mol. The molecule has 0 amide bonds. The van der Waals surface area contributed by atoms with Gasteiger partial charge in [0, 0.05) is 6.20 Å². The molecule has 0 bridgehead atoms. The second-order valence-corrected chi connectivity index (χ2v) is 7.91. The van der Waals surface area contributed by atoms with Crippen LogP contribution < -0.4 is 0 Å². The first-order chi connectivity index (χ1) is 11.9. The van der Waals surface area contributed by atoms with E-state index in [-0.39, 0.29) is 6.61 Å². The van der Waals surface area contributed by atoms with E-state index in [1.807, 2.05) is 30.3 Å². The van der Waals surface area contributed by atoms with Gasteiger partial charge in [0.2, 0.25) is 3.79 Å². The van der Waals surface area contributed by atoms with Crippen molar-refractivity contribution in [2.24, 2.45) is 0 Å². The standard InChI is InChI=1S/C17H13Cl4N3O/c18-14-7-4-8-22-16(14)24-15(17(19,20)21)9-13(23-24)11-25-10-12-5-2-1-3-6-12/h1-9H,10-11H2. The molecule has 0 saturated heterocycles. The molecular weight excluding hydrogens is 404 g/mol. The Bertz CT molecular complexity index is 847. The van der Waals surface area contributed by atoms with Crippen LogP contribution in [-0.4, -0.2) is 14.8 Å². The number of aromatic nitrogens is 3. The zero-order valence-electron chi connectivity index (χ0n) is 12.9. The van der Waals surface area contributed by atoms with Gasteiger partial charge in [0.05, 0.1) is 29.6 Å². The molecule has 0 aliphatic heterocycles. The summed E-state index contributed by atoms with van der Waals surface area (Å²) < 4.78 is 5.45. The highest BCUT2D eigenvalue weighted by molar-refractivity contribution is 6.66. The third-order valence-electron chi connectivity index (χ3n) is 3.35. The van der Waals surface area contributed by atoms with Crippen LogP contribution in [0.5, 0.6) is 0 Å². The Balaban J connectivity index is 1.83. The van der Waals surface area contributed by atoms with Crippen LogP contribution in [0.1, 0.15) is 17.0 Å². The second kappa shape index (κ2) is 7.94. The quantitative estimate of drug-likeness (QED) is 0.518. The zero-order chi connectivity index (χ0) is 17.9. The van der Waals surface area contributed by atoms with Crippen molar-refractivity contribution in [3.8, 4) is 5.82 Å². The number of alkyl halides is 3. The third kappa shape index (κ3) is 4.66. The van der Waals surface area contributed by atoms with Crippen LogP contribution in [0, 0.1) is 0 Å². The Morgan fingerprint density at radius 1 is 1.00 bits per heavy atom. The van der Waals surface area contributed by atoms with Crippen LogP contribution in [0.25, 0.3) is 5.82 Å². The molecule has 0 aliphatic rings. The number of rotatable bonds is 5. The molecule has 0 unspecified atom stereocenters. The lowest BCUT2D eigenvalue weighted by molar-refractivity contribution is 0.104. The number of hydrogen-bond donors (Lipinski definition) is 0. The van der Waals surface area contributed by atoms with Gasteiger partial charge in [-0.05, 0) is 23.8 Å². The minimum Gasteiger partial charge on any atom is -0.370 e. The third-order valence-corrected chi connectivity index (χ3v) is 4.23. The van der Waals surface area contributed by atoms with Gasteiger partial charge >= 0.3 is 0 Å². The first kappa shape index (κ1) is 18.5. The molecule has 0 saturated carbocycles. The van der Waals surface area contributed by atoms with E-state index in [1.165, 1.54) is 4.68 Å². The van der Waals surface area contributed by atoms with Crippen LogP contribution in [0.15, 0.2) is 54.7 Å². The lowest BCUT2D eigenvalue weighted by Gasteiger charge is -2.13. The summed E-state index contributed by atoms with van der Waals surface area (Å²) in [5.74, 6) is 0.389. The van der Waals surface area contributed by atoms with E-state index in [0.29, 0.717) is 28.8 Å². The number of benzene rings is 1. The van der Waals surface area contributed by atoms with Crippen LogP contribution >= 0.6 is 46.4 Å². The summed E-state index contributed by atoms with van der Waals surface area (Å²) in [7, 11) is 0. The second-order valence-electron chi connectivity index (χ2n) is 5.22. The predicted octanol–water partition coefficient (Wildman–Crippen LogP) is 5.46. The summed E-state index contributed by atoms with van der Waals surface area (Å²) in [6.45, 7) is 0.723. The SMILES string of the molecule is Clc1cccnc1-n1nc(COCc2ccccc2)cc1C(Cl)(Cl)Cl. The van der Waals surface area contributed by atoms with Gasteiger partial charge < -0.3 is 4.74 Å². The molecule has 4 nitrogen and oxygen atoms in total. The van der Waals surface area contributed by atoms with Crippen LogP contribution in [-0.2, 0) is 21.7 Å². The highest BCUT2D eigenvalue weighted by atomic mass is 35.6. The van der Waals surface area contributed by atoms with E-state index < -0.39 is 3.79 Å². The van der Waals surface area contributed by atoms with Crippen molar-refractivity contribution >= 4 is 46.4 Å². The number of pyridine rings is 1. The van der Waals surface area contributed by atoms with Crippen LogP contribution in [0.4, 0.5) is 0 Å². The number of halogens is 4. The molecule has 3 aromatic rings. The minimum absolute atomic E-state index is 0.264. The summed E-state index contributed by atoms with van der Waals surface area (Å²) in [5, 5.41) is 4.83. The molecule has 1 aromatic carbocycles. The molecule has 0 spiro atoms. The number of hydrogen-bond acceptors (Lipinski definition) is 3. The highest BCUT2D eigenvalue weighted by Gasteiger charge is 2.30. The Labute approximate surface area is 165 Å². The fraction of sp³-hybridized carbons (Fsp3) is 0.176. The molecule has 2 aromatic heterocycles. The Kier molecular flexibility index (Phi) is 5.87. The van der Waals surface area contributed by atoms with Crippen LogP contribution in [0.3, 0.4) is 0 Å². The molecule has 0 fully saturated rings. The zero-order valence-corrected chi connectivity index (χ0v) is 15.9. The maximum absolute atomic E-state index is 6.19. The summed E-state index contributed by atoms with van der Waals surface area (Å²) in [5.41, 5.74) is 2.02. The first-order valence-corrected chi connectivity index (χ1v) is 8.85. The van der Waals surface area contributed by atoms with Crippen molar-refractivity contribution in [3.05, 3.63) is 76.7 Å². The molecule has 3 rings (SSSR count). The molecule has 130 valence electrons. The predicted molar refractivity (Wildman–Crippen MR) is 101 cm³/mol. The smallest absolute Gasteiger partial charge is 0.232 e. The van der Waals surface area contributed by atoms with Gasteiger partial charge in [0.15, 0.2) is 5.82 Å². The van der Waals surface area contributed by atoms with Crippen molar-refractivity contribution in [3.63, 3.8) is 0 Å².